The average Bonchev–Trinajstić information content (AvgIpc) is 2.16. The maximum atomic E-state index is 11.2. The third-order valence-electron chi connectivity index (χ3n) is 2.07. The fourth-order valence-corrected chi connectivity index (χ4v) is 0.981. The normalized spacial score (nSPS) is 12.5. The van der Waals surface area contributed by atoms with Crippen molar-refractivity contribution in [3.05, 3.63) is 28.4 Å². The molecule has 70 valence electrons. The van der Waals surface area contributed by atoms with E-state index in [1.165, 1.54) is 12.4 Å². The maximum absolute atomic E-state index is 11.2. The zero-order chi connectivity index (χ0) is 9.84. The van der Waals surface area contributed by atoms with Crippen molar-refractivity contribution in [3.63, 3.8) is 0 Å². The van der Waals surface area contributed by atoms with Gasteiger partial charge in [0.05, 0.1) is 5.71 Å². The molecule has 0 saturated carbocycles. The average molecular weight is 179 g/mol. The highest BCUT2D eigenvalue weighted by Gasteiger charge is 2.12. The highest BCUT2D eigenvalue weighted by molar-refractivity contribution is 5.97. The van der Waals surface area contributed by atoms with Crippen LogP contribution in [0.1, 0.15) is 26.0 Å². The molecule has 0 aliphatic heterocycles. The van der Waals surface area contributed by atoms with Crippen LogP contribution in [0, 0.1) is 11.3 Å². The number of hydrogen-bond acceptors (Lipinski definition) is 3. The highest BCUT2D eigenvalue weighted by Crippen LogP contribution is 2.05. The monoisotopic (exact) mass is 179 g/mol. The number of aromatic amines is 1. The van der Waals surface area contributed by atoms with Gasteiger partial charge in [0.25, 0.3) is 5.56 Å². The molecule has 0 amide bonds. The predicted octanol–water partition coefficient (Wildman–Crippen LogP) is 1.18. The molecule has 1 rings (SSSR count). The number of nitrogens with one attached hydrogen (secondary N) is 2. The number of nitrogens with zero attached hydrogens (tertiary/aromatic N) is 1. The predicted molar refractivity (Wildman–Crippen MR) is 51.1 cm³/mol. The molecule has 1 heterocycles. The third-order valence-corrected chi connectivity index (χ3v) is 2.07. The number of aromatic nitrogens is 2. The fourth-order valence-electron chi connectivity index (χ4n) is 0.981. The Bertz CT molecular complexity index is 356. The molecule has 2 N–H and O–H groups in total. The standard InChI is InChI=1S/C9H13N3O/c1-3-6(2)7(10)8-9(13)12-5-4-11-8/h4-6,10H,3H2,1-2H3,(H,12,13). The van der Waals surface area contributed by atoms with Crippen LogP contribution in [-0.2, 0) is 0 Å². The van der Waals surface area contributed by atoms with Crippen LogP contribution in [0.2, 0.25) is 0 Å². The Hall–Kier alpha value is -1.45. The molecule has 4 nitrogen and oxygen atoms in total. The Kier molecular flexibility index (Phi) is 2.95. The van der Waals surface area contributed by atoms with Crippen molar-refractivity contribution in [2.45, 2.75) is 20.3 Å². The molecule has 13 heavy (non-hydrogen) atoms. The first-order valence-corrected chi connectivity index (χ1v) is 4.29. The summed E-state index contributed by atoms with van der Waals surface area (Å²) in [5.41, 5.74) is 0.258. The molecule has 4 heteroatoms. The van der Waals surface area contributed by atoms with Crippen LogP contribution < -0.4 is 5.56 Å². The molecule has 0 aliphatic carbocycles. The molecule has 1 atom stereocenters. The van der Waals surface area contributed by atoms with Crippen LogP contribution in [0.15, 0.2) is 17.2 Å². The van der Waals surface area contributed by atoms with Gasteiger partial charge in [0.2, 0.25) is 0 Å². The van der Waals surface area contributed by atoms with E-state index in [1.54, 1.807) is 0 Å². The van der Waals surface area contributed by atoms with Crippen LogP contribution >= 0.6 is 0 Å². The number of hydrogen-bond donors (Lipinski definition) is 2. The van der Waals surface area contributed by atoms with Crippen molar-refractivity contribution in [2.24, 2.45) is 5.92 Å². The molecule has 1 aromatic rings. The Labute approximate surface area is 76.5 Å². The first-order chi connectivity index (χ1) is 6.16. The molecule has 0 bridgehead atoms. The summed E-state index contributed by atoms with van der Waals surface area (Å²) in [5.74, 6) is 0.0796. The summed E-state index contributed by atoms with van der Waals surface area (Å²) in [4.78, 5) is 17.6. The lowest BCUT2D eigenvalue weighted by atomic mass is 10.0. The first kappa shape index (κ1) is 9.64. The van der Waals surface area contributed by atoms with Gasteiger partial charge in [0.15, 0.2) is 0 Å². The van der Waals surface area contributed by atoms with Crippen LogP contribution in [0.5, 0.6) is 0 Å². The minimum Gasteiger partial charge on any atom is -0.326 e. The molecule has 0 saturated heterocycles. The van der Waals surface area contributed by atoms with Crippen LogP contribution in [0.3, 0.4) is 0 Å². The second-order valence-corrected chi connectivity index (χ2v) is 2.99. The minimum absolute atomic E-state index is 0.0796. The summed E-state index contributed by atoms with van der Waals surface area (Å²) in [6.45, 7) is 3.90. The maximum Gasteiger partial charge on any atom is 0.275 e. The van der Waals surface area contributed by atoms with Gasteiger partial charge in [-0.15, -0.1) is 0 Å². The summed E-state index contributed by atoms with van der Waals surface area (Å²) in [6, 6.07) is 0. The zero-order valence-corrected chi connectivity index (χ0v) is 7.79. The quantitative estimate of drug-likeness (QED) is 0.684. The SMILES string of the molecule is CCC(C)C(=N)c1ncc[nH]c1=O. The van der Waals surface area contributed by atoms with E-state index in [-0.39, 0.29) is 17.2 Å². The Morgan fingerprint density at radius 3 is 3.00 bits per heavy atom. The van der Waals surface area contributed by atoms with Gasteiger partial charge in [0.1, 0.15) is 5.69 Å². The molecule has 0 spiro atoms. The lowest BCUT2D eigenvalue weighted by molar-refractivity contribution is 0.732. The molecule has 1 aromatic heterocycles. The van der Waals surface area contributed by atoms with E-state index in [0.29, 0.717) is 5.71 Å². The van der Waals surface area contributed by atoms with Crippen molar-refractivity contribution < 1.29 is 0 Å². The molecular weight excluding hydrogens is 166 g/mol. The van der Waals surface area contributed by atoms with Gasteiger partial charge in [-0.1, -0.05) is 13.8 Å². The summed E-state index contributed by atoms with van der Waals surface area (Å²) in [7, 11) is 0. The van der Waals surface area contributed by atoms with Crippen molar-refractivity contribution in [2.75, 3.05) is 0 Å². The summed E-state index contributed by atoms with van der Waals surface area (Å²) >= 11 is 0. The molecule has 0 aliphatic rings. The second kappa shape index (κ2) is 3.98. The van der Waals surface area contributed by atoms with Crippen LogP contribution in [-0.4, -0.2) is 15.7 Å². The van der Waals surface area contributed by atoms with Crippen LogP contribution in [0.4, 0.5) is 0 Å². The third kappa shape index (κ3) is 2.02. The van der Waals surface area contributed by atoms with E-state index >= 15 is 0 Å². The molecular formula is C9H13N3O. The van der Waals surface area contributed by atoms with Crippen LogP contribution in [0.25, 0.3) is 0 Å². The summed E-state index contributed by atoms with van der Waals surface area (Å²) in [5, 5.41) is 7.69. The number of H-pyrrole nitrogens is 1. The molecule has 0 radical (unpaired) electrons. The largest absolute Gasteiger partial charge is 0.326 e. The van der Waals surface area contributed by atoms with Crippen molar-refractivity contribution >= 4 is 5.71 Å². The molecule has 0 fully saturated rings. The van der Waals surface area contributed by atoms with Gasteiger partial charge in [0, 0.05) is 12.4 Å². The minimum atomic E-state index is -0.284. The lowest BCUT2D eigenvalue weighted by Gasteiger charge is -2.07. The van der Waals surface area contributed by atoms with Crippen molar-refractivity contribution in [3.8, 4) is 0 Å². The van der Waals surface area contributed by atoms with E-state index in [0.717, 1.165) is 6.42 Å². The zero-order valence-electron chi connectivity index (χ0n) is 7.79. The Morgan fingerprint density at radius 2 is 2.46 bits per heavy atom. The van der Waals surface area contributed by atoms with Gasteiger partial charge in [-0.2, -0.15) is 0 Å². The fraction of sp³-hybridized carbons (Fsp3) is 0.444. The van der Waals surface area contributed by atoms with Crippen molar-refractivity contribution in [1.82, 2.24) is 9.97 Å². The first-order valence-electron chi connectivity index (χ1n) is 4.29. The topological polar surface area (TPSA) is 69.6 Å². The van der Waals surface area contributed by atoms with Crippen molar-refractivity contribution in [1.29, 1.82) is 5.41 Å². The second-order valence-electron chi connectivity index (χ2n) is 2.99. The van der Waals surface area contributed by atoms with E-state index in [1.807, 2.05) is 13.8 Å². The van der Waals surface area contributed by atoms with E-state index in [4.69, 9.17) is 5.41 Å². The highest BCUT2D eigenvalue weighted by atomic mass is 16.1. The van der Waals surface area contributed by atoms with Gasteiger partial charge < -0.3 is 10.4 Å². The van der Waals surface area contributed by atoms with E-state index in [2.05, 4.69) is 9.97 Å². The van der Waals surface area contributed by atoms with Gasteiger partial charge in [-0.05, 0) is 12.3 Å². The molecule has 1 unspecified atom stereocenters. The van der Waals surface area contributed by atoms with E-state index in [9.17, 15) is 4.79 Å². The summed E-state index contributed by atoms with van der Waals surface area (Å²) < 4.78 is 0. The molecule has 0 aromatic carbocycles. The lowest BCUT2D eigenvalue weighted by Crippen LogP contribution is -2.23. The van der Waals surface area contributed by atoms with Gasteiger partial charge in [-0.25, -0.2) is 4.98 Å². The Balaban J connectivity index is 3.02. The smallest absolute Gasteiger partial charge is 0.275 e. The summed E-state index contributed by atoms with van der Waals surface area (Å²) in [6.07, 6.45) is 3.80. The Morgan fingerprint density at radius 1 is 1.77 bits per heavy atom. The van der Waals surface area contributed by atoms with Gasteiger partial charge >= 0.3 is 0 Å². The van der Waals surface area contributed by atoms with E-state index < -0.39 is 0 Å². The number of rotatable bonds is 3. The van der Waals surface area contributed by atoms with Gasteiger partial charge in [-0.3, -0.25) is 4.79 Å².